The lowest BCUT2D eigenvalue weighted by Crippen LogP contribution is -2.19. The van der Waals surface area contributed by atoms with Gasteiger partial charge in [-0.25, -0.2) is 4.98 Å². The van der Waals surface area contributed by atoms with E-state index in [1.165, 1.54) is 0 Å². The third-order valence-corrected chi connectivity index (χ3v) is 3.28. The van der Waals surface area contributed by atoms with Gasteiger partial charge in [0.05, 0.1) is 16.9 Å². The molecule has 1 atom stereocenters. The minimum Gasteiger partial charge on any atom is -0.388 e. The number of rotatable bonds is 5. The number of benzene rings is 1. The zero-order chi connectivity index (χ0) is 13.1. The van der Waals surface area contributed by atoms with Crippen molar-refractivity contribution in [2.24, 2.45) is 5.73 Å². The maximum absolute atomic E-state index is 7.51. The molecule has 1 aromatic carbocycles. The Morgan fingerprint density at radius 2 is 2.11 bits per heavy atom. The summed E-state index contributed by atoms with van der Waals surface area (Å²) in [5.41, 5.74) is 7.73. The quantitative estimate of drug-likeness (QED) is 0.627. The van der Waals surface area contributed by atoms with Crippen molar-refractivity contribution in [2.45, 2.75) is 39.2 Å². The van der Waals surface area contributed by atoms with Crippen LogP contribution in [-0.4, -0.2) is 15.4 Å². The Kier molecular flexibility index (Phi) is 3.65. The van der Waals surface area contributed by atoms with E-state index in [2.05, 4.69) is 29.5 Å². The van der Waals surface area contributed by atoms with Crippen LogP contribution in [0.5, 0.6) is 0 Å². The maximum atomic E-state index is 7.51. The van der Waals surface area contributed by atoms with Crippen LogP contribution in [0.25, 0.3) is 11.0 Å². The van der Waals surface area contributed by atoms with Crippen LogP contribution in [0.2, 0.25) is 0 Å². The SMILES string of the molecule is CCc1nc2ccccc2n1C(CC)CC(=N)N. The summed E-state index contributed by atoms with van der Waals surface area (Å²) >= 11 is 0. The van der Waals surface area contributed by atoms with Gasteiger partial charge < -0.3 is 10.3 Å². The monoisotopic (exact) mass is 244 g/mol. The third kappa shape index (κ3) is 2.23. The summed E-state index contributed by atoms with van der Waals surface area (Å²) < 4.78 is 2.25. The fourth-order valence-electron chi connectivity index (χ4n) is 2.42. The van der Waals surface area contributed by atoms with Gasteiger partial charge in [0.2, 0.25) is 0 Å². The molecule has 0 spiro atoms. The van der Waals surface area contributed by atoms with Gasteiger partial charge in [0.1, 0.15) is 5.82 Å². The first-order valence-corrected chi connectivity index (χ1v) is 6.46. The van der Waals surface area contributed by atoms with E-state index >= 15 is 0 Å². The highest BCUT2D eigenvalue weighted by molar-refractivity contribution is 5.79. The smallest absolute Gasteiger partial charge is 0.109 e. The van der Waals surface area contributed by atoms with Crippen LogP contribution in [-0.2, 0) is 6.42 Å². The van der Waals surface area contributed by atoms with Gasteiger partial charge in [-0.05, 0) is 18.6 Å². The van der Waals surface area contributed by atoms with Crippen LogP contribution in [0.3, 0.4) is 0 Å². The zero-order valence-corrected chi connectivity index (χ0v) is 11.0. The Hall–Kier alpha value is -1.84. The standard InChI is InChI=1S/C14H20N4/c1-3-10(9-13(15)16)18-12-8-6-5-7-11(12)17-14(18)4-2/h5-8,10H,3-4,9H2,1-2H3,(H3,15,16). The van der Waals surface area contributed by atoms with Gasteiger partial charge in [0.25, 0.3) is 0 Å². The molecule has 0 fully saturated rings. The number of imidazole rings is 1. The Morgan fingerprint density at radius 1 is 1.39 bits per heavy atom. The molecular weight excluding hydrogens is 224 g/mol. The Morgan fingerprint density at radius 3 is 2.72 bits per heavy atom. The Bertz CT molecular complexity index is 556. The lowest BCUT2D eigenvalue weighted by Gasteiger charge is -2.19. The average Bonchev–Trinajstić information content (AvgIpc) is 2.74. The van der Waals surface area contributed by atoms with Gasteiger partial charge in [-0.3, -0.25) is 5.41 Å². The van der Waals surface area contributed by atoms with Crippen LogP contribution in [0.4, 0.5) is 0 Å². The predicted molar refractivity (Wildman–Crippen MR) is 75.0 cm³/mol. The summed E-state index contributed by atoms with van der Waals surface area (Å²) in [6.45, 7) is 4.24. The molecule has 0 aliphatic carbocycles. The number of nitrogens with one attached hydrogen (secondary N) is 1. The van der Waals surface area contributed by atoms with E-state index in [1.807, 2.05) is 18.2 Å². The van der Waals surface area contributed by atoms with E-state index in [0.717, 1.165) is 29.7 Å². The predicted octanol–water partition coefficient (Wildman–Crippen LogP) is 2.88. The molecule has 0 amide bonds. The minimum atomic E-state index is 0.227. The molecule has 1 aromatic heterocycles. The molecule has 4 heteroatoms. The topological polar surface area (TPSA) is 67.7 Å². The van der Waals surface area contributed by atoms with Crippen molar-refractivity contribution in [3.63, 3.8) is 0 Å². The van der Waals surface area contributed by atoms with Crippen molar-refractivity contribution in [3.05, 3.63) is 30.1 Å². The number of para-hydroxylation sites is 2. The summed E-state index contributed by atoms with van der Waals surface area (Å²) in [7, 11) is 0. The van der Waals surface area contributed by atoms with Crippen molar-refractivity contribution in [1.82, 2.24) is 9.55 Å². The number of nitrogens with zero attached hydrogens (tertiary/aromatic N) is 2. The second-order valence-corrected chi connectivity index (χ2v) is 4.53. The van der Waals surface area contributed by atoms with Crippen molar-refractivity contribution < 1.29 is 0 Å². The Balaban J connectivity index is 2.55. The van der Waals surface area contributed by atoms with Crippen molar-refractivity contribution in [2.75, 3.05) is 0 Å². The van der Waals surface area contributed by atoms with Crippen LogP contribution < -0.4 is 5.73 Å². The molecular formula is C14H20N4. The van der Waals surface area contributed by atoms with Gasteiger partial charge in [-0.1, -0.05) is 26.0 Å². The lowest BCUT2D eigenvalue weighted by molar-refractivity contribution is 0.496. The van der Waals surface area contributed by atoms with Crippen LogP contribution in [0.1, 0.15) is 38.6 Å². The van der Waals surface area contributed by atoms with Gasteiger partial charge in [-0.2, -0.15) is 0 Å². The molecule has 2 aromatic rings. The molecule has 18 heavy (non-hydrogen) atoms. The van der Waals surface area contributed by atoms with Crippen molar-refractivity contribution in [3.8, 4) is 0 Å². The number of amidine groups is 1. The molecule has 1 unspecified atom stereocenters. The zero-order valence-electron chi connectivity index (χ0n) is 11.0. The summed E-state index contributed by atoms with van der Waals surface area (Å²) in [6, 6.07) is 8.38. The van der Waals surface area contributed by atoms with E-state index in [0.29, 0.717) is 6.42 Å². The normalized spacial score (nSPS) is 12.8. The second-order valence-electron chi connectivity index (χ2n) is 4.53. The molecule has 0 radical (unpaired) electrons. The van der Waals surface area contributed by atoms with Gasteiger partial charge in [0.15, 0.2) is 0 Å². The third-order valence-electron chi connectivity index (χ3n) is 3.28. The van der Waals surface area contributed by atoms with Crippen molar-refractivity contribution >= 4 is 16.9 Å². The number of nitrogens with two attached hydrogens (primary N) is 1. The van der Waals surface area contributed by atoms with Crippen LogP contribution in [0, 0.1) is 5.41 Å². The van der Waals surface area contributed by atoms with E-state index < -0.39 is 0 Å². The van der Waals surface area contributed by atoms with E-state index in [-0.39, 0.29) is 11.9 Å². The largest absolute Gasteiger partial charge is 0.388 e. The second kappa shape index (κ2) is 5.21. The van der Waals surface area contributed by atoms with Crippen LogP contribution >= 0.6 is 0 Å². The van der Waals surface area contributed by atoms with Crippen LogP contribution in [0.15, 0.2) is 24.3 Å². The number of fused-ring (bicyclic) bond motifs is 1. The number of aryl methyl sites for hydroxylation is 1. The number of aromatic nitrogens is 2. The summed E-state index contributed by atoms with van der Waals surface area (Å²) in [4.78, 5) is 4.66. The Labute approximate surface area is 107 Å². The lowest BCUT2D eigenvalue weighted by atomic mass is 10.1. The first-order chi connectivity index (χ1) is 8.67. The average molecular weight is 244 g/mol. The molecule has 0 aliphatic heterocycles. The summed E-state index contributed by atoms with van der Waals surface area (Å²) in [5.74, 6) is 1.31. The maximum Gasteiger partial charge on any atom is 0.109 e. The molecule has 96 valence electrons. The van der Waals surface area contributed by atoms with Crippen molar-refractivity contribution in [1.29, 1.82) is 5.41 Å². The molecule has 3 N–H and O–H groups in total. The molecule has 0 saturated heterocycles. The molecule has 0 bridgehead atoms. The van der Waals surface area contributed by atoms with Gasteiger partial charge in [-0.15, -0.1) is 0 Å². The van der Waals surface area contributed by atoms with E-state index in [9.17, 15) is 0 Å². The van der Waals surface area contributed by atoms with E-state index in [4.69, 9.17) is 11.1 Å². The van der Waals surface area contributed by atoms with E-state index in [1.54, 1.807) is 0 Å². The molecule has 0 aliphatic rings. The highest BCUT2D eigenvalue weighted by atomic mass is 15.1. The summed E-state index contributed by atoms with van der Waals surface area (Å²) in [6.07, 6.45) is 2.43. The number of hydrogen-bond donors (Lipinski definition) is 2. The van der Waals surface area contributed by atoms with Gasteiger partial charge in [0, 0.05) is 18.9 Å². The minimum absolute atomic E-state index is 0.227. The first kappa shape index (κ1) is 12.6. The fourth-order valence-corrected chi connectivity index (χ4v) is 2.42. The number of hydrogen-bond acceptors (Lipinski definition) is 2. The summed E-state index contributed by atoms with van der Waals surface area (Å²) in [5, 5.41) is 7.51. The first-order valence-electron chi connectivity index (χ1n) is 6.46. The molecule has 1 heterocycles. The van der Waals surface area contributed by atoms with Gasteiger partial charge >= 0.3 is 0 Å². The molecule has 0 saturated carbocycles. The highest BCUT2D eigenvalue weighted by Crippen LogP contribution is 2.25. The molecule has 4 nitrogen and oxygen atoms in total. The molecule has 2 rings (SSSR count). The highest BCUT2D eigenvalue weighted by Gasteiger charge is 2.17. The fraction of sp³-hybridized carbons (Fsp3) is 0.429.